The minimum atomic E-state index is -0.447. The largest absolute Gasteiger partial charge is 0.354 e. The van der Waals surface area contributed by atoms with Crippen molar-refractivity contribution in [2.24, 2.45) is 5.41 Å². The Balaban J connectivity index is 1.05. The molecule has 0 spiro atoms. The van der Waals surface area contributed by atoms with Crippen molar-refractivity contribution < 1.29 is 19.2 Å². The molecule has 11 aromatic rings. The number of hydrogen-bond acceptors (Lipinski definition) is 6. The molecule has 15 rings (SSSR count). The second-order valence-electron chi connectivity index (χ2n) is 25.8. The summed E-state index contributed by atoms with van der Waals surface area (Å²) >= 11 is 0. The average Bonchev–Trinajstić information content (AvgIpc) is 1.75. The number of aromatic amines is 2. The van der Waals surface area contributed by atoms with Crippen LogP contribution < -0.4 is 21.3 Å². The van der Waals surface area contributed by atoms with Crippen molar-refractivity contribution in [2.45, 2.75) is 52.4 Å². The summed E-state index contributed by atoms with van der Waals surface area (Å²) in [6.07, 6.45) is 9.89. The second kappa shape index (κ2) is 23.2. The zero-order valence-corrected chi connectivity index (χ0v) is 51.7. The third-order valence-corrected chi connectivity index (χ3v) is 18.0. The summed E-state index contributed by atoms with van der Waals surface area (Å²) in [4.78, 5) is 78.3. The minimum Gasteiger partial charge on any atom is -0.354 e. The molecule has 3 aromatic heterocycles. The van der Waals surface area contributed by atoms with E-state index >= 15 is 0 Å². The summed E-state index contributed by atoms with van der Waals surface area (Å²) < 4.78 is 0. The maximum Gasteiger partial charge on any atom is 0.255 e. The lowest BCUT2D eigenvalue weighted by molar-refractivity contribution is 0.101. The number of anilines is 4. The number of benzene rings is 8. The standard InChI is InChI=1S/C81H64N8O4/c1-80(2)45-48-17-13-20-51(41-48)76(90)86-60-29-9-5-25-56(60)72-64-33-34-66(82-64)73(57-26-6-10-30-61(57)87-77(91)52-21-14-18-49(42-52)46-80)67-37-39-70(84-67)75-59-28-8-12-32-63(59)89-79(93)54-23-16-24-55(44-54)81(3,4)47-50-19-15-22-53(43-50)78(92)88-62-31-11-7-27-58(62)74(68-36-35-65(72)83-68)69-38-40-71(75)85-69/h5-44,82,85H,45-47H2,1-4H3,(H,86,90)(H,87,91)(H,88,92)(H,89,93). The molecule has 7 heterocycles. The number of nitrogens with zero attached hydrogens (tertiary/aromatic N) is 2. The van der Waals surface area contributed by atoms with Crippen LogP contribution in [0.15, 0.2) is 218 Å². The molecule has 0 radical (unpaired) electrons. The number of hydrogen-bond donors (Lipinski definition) is 6. The van der Waals surface area contributed by atoms with Crippen LogP contribution in [0, 0.1) is 5.41 Å². The molecular weight excluding hydrogens is 1150 g/mol. The van der Waals surface area contributed by atoms with Gasteiger partial charge in [0.1, 0.15) is 0 Å². The van der Waals surface area contributed by atoms with E-state index in [-0.39, 0.29) is 29.0 Å². The first-order valence-corrected chi connectivity index (χ1v) is 31.3. The van der Waals surface area contributed by atoms with Crippen LogP contribution in [-0.4, -0.2) is 43.6 Å². The third-order valence-electron chi connectivity index (χ3n) is 18.0. The Morgan fingerprint density at radius 3 is 0.935 bits per heavy atom. The number of para-hydroxylation sites is 4. The number of amides is 4. The van der Waals surface area contributed by atoms with Crippen LogP contribution in [0.25, 0.3) is 90.9 Å². The van der Waals surface area contributed by atoms with Gasteiger partial charge in [0.2, 0.25) is 0 Å². The summed E-state index contributed by atoms with van der Waals surface area (Å²) in [7, 11) is 0. The first-order chi connectivity index (χ1) is 45.1. The van der Waals surface area contributed by atoms with E-state index in [2.05, 4.69) is 71.1 Å². The highest BCUT2D eigenvalue weighted by Gasteiger charge is 2.28. The van der Waals surface area contributed by atoms with Crippen LogP contribution in [-0.2, 0) is 24.7 Å². The lowest BCUT2D eigenvalue weighted by Gasteiger charge is -2.26. The van der Waals surface area contributed by atoms with E-state index in [1.54, 1.807) is 0 Å². The van der Waals surface area contributed by atoms with Crippen molar-refractivity contribution in [1.29, 1.82) is 0 Å². The van der Waals surface area contributed by atoms with E-state index in [0.717, 1.165) is 22.3 Å². The Labute approximate surface area is 538 Å². The van der Waals surface area contributed by atoms with Gasteiger partial charge in [-0.3, -0.25) is 19.2 Å². The molecule has 4 aliphatic rings. The fraction of sp³-hybridized carbons (Fsp3) is 0.111. The predicted molar refractivity (Wildman–Crippen MR) is 376 cm³/mol. The first-order valence-electron chi connectivity index (χ1n) is 31.3. The Bertz CT molecular complexity index is 5200. The Morgan fingerprint density at radius 1 is 0.312 bits per heavy atom. The fourth-order valence-corrected chi connectivity index (χ4v) is 13.7. The maximum atomic E-state index is 14.9. The van der Waals surface area contributed by atoms with Gasteiger partial charge in [-0.15, -0.1) is 0 Å². The molecule has 93 heavy (non-hydrogen) atoms. The van der Waals surface area contributed by atoms with Gasteiger partial charge in [0, 0.05) is 112 Å². The molecule has 8 aromatic carbocycles. The lowest BCUT2D eigenvalue weighted by atomic mass is 9.78. The second-order valence-corrected chi connectivity index (χ2v) is 25.8. The molecule has 4 amide bonds. The molecule has 0 atom stereocenters. The number of fused-ring (bicyclic) bond motifs is 24. The van der Waals surface area contributed by atoms with Crippen molar-refractivity contribution >= 4 is 92.7 Å². The molecule has 12 heteroatoms. The normalized spacial score (nSPS) is 14.8. The summed E-state index contributed by atoms with van der Waals surface area (Å²) in [5.74, 6) is -1.11. The Kier molecular flexibility index (Phi) is 14.4. The molecule has 0 fully saturated rings. The predicted octanol–water partition coefficient (Wildman–Crippen LogP) is 18.3. The van der Waals surface area contributed by atoms with E-state index in [1.807, 2.05) is 231 Å². The lowest BCUT2D eigenvalue weighted by Crippen LogP contribution is -2.22. The average molecular weight is 1210 g/mol. The molecule has 0 unspecified atom stereocenters. The van der Waals surface area contributed by atoms with E-state index in [1.165, 1.54) is 0 Å². The molecule has 6 N–H and O–H groups in total. The molecule has 0 aliphatic carbocycles. The van der Waals surface area contributed by atoms with Crippen molar-refractivity contribution in [3.63, 3.8) is 0 Å². The molecule has 4 aliphatic heterocycles. The SMILES string of the molecule is CC1(C)Cc2cccc(c2)C(=O)Nc2ccccc2-c2c3nc(c4c5ccc([nH]5)c(c5nc(c(c6ccc2[nH]6)-c2ccccc2NC(=O)c2cccc(c2)C1)C=C5)-c1ccccc1NC(=O)c1cccc(c1)C(C)(C)Cc1cccc(c1)C(=O)Nc1ccccc1-4)C=C3. The van der Waals surface area contributed by atoms with Crippen molar-refractivity contribution in [1.82, 2.24) is 19.9 Å². The number of carbonyl (C=O) groups is 4. The molecule has 0 saturated heterocycles. The van der Waals surface area contributed by atoms with Gasteiger partial charge in [0.25, 0.3) is 23.6 Å². The van der Waals surface area contributed by atoms with Gasteiger partial charge in [-0.1, -0.05) is 149 Å². The molecule has 0 saturated carbocycles. The molecule has 20 bridgehead atoms. The van der Waals surface area contributed by atoms with Crippen LogP contribution >= 0.6 is 0 Å². The van der Waals surface area contributed by atoms with Crippen LogP contribution in [0.4, 0.5) is 22.7 Å². The third kappa shape index (κ3) is 11.2. The highest BCUT2D eigenvalue weighted by Crippen LogP contribution is 2.44. The van der Waals surface area contributed by atoms with Gasteiger partial charge in [-0.25, -0.2) is 9.97 Å². The fourth-order valence-electron chi connectivity index (χ4n) is 13.7. The minimum absolute atomic E-state index is 0.259. The van der Waals surface area contributed by atoms with Crippen LogP contribution in [0.3, 0.4) is 0 Å². The molecule has 12 nitrogen and oxygen atoms in total. The van der Waals surface area contributed by atoms with Gasteiger partial charge in [-0.05, 0) is 174 Å². The highest BCUT2D eigenvalue weighted by atomic mass is 16.2. The van der Waals surface area contributed by atoms with Crippen molar-refractivity contribution in [2.75, 3.05) is 21.3 Å². The van der Waals surface area contributed by atoms with Gasteiger partial charge < -0.3 is 31.2 Å². The number of carbonyl (C=O) groups excluding carboxylic acids is 4. The van der Waals surface area contributed by atoms with Crippen LogP contribution in [0.5, 0.6) is 0 Å². The first kappa shape index (κ1) is 57.7. The molecule has 452 valence electrons. The van der Waals surface area contributed by atoms with Crippen molar-refractivity contribution in [3.05, 3.63) is 286 Å². The smallest absolute Gasteiger partial charge is 0.255 e. The van der Waals surface area contributed by atoms with E-state index in [0.29, 0.717) is 154 Å². The summed E-state index contributed by atoms with van der Waals surface area (Å²) in [5.41, 5.74) is 18.0. The van der Waals surface area contributed by atoms with Gasteiger partial charge in [-0.2, -0.15) is 0 Å². The molecular formula is C81H64N8O4. The van der Waals surface area contributed by atoms with Gasteiger partial charge >= 0.3 is 0 Å². The monoisotopic (exact) mass is 1210 g/mol. The quantitative estimate of drug-likeness (QED) is 0.0881. The summed E-state index contributed by atoms with van der Waals surface area (Å²) in [6.45, 7) is 8.71. The maximum absolute atomic E-state index is 14.9. The number of aromatic nitrogens is 4. The summed E-state index contributed by atoms with van der Waals surface area (Å²) in [5, 5.41) is 13.3. The van der Waals surface area contributed by atoms with E-state index in [4.69, 9.17) is 9.97 Å². The van der Waals surface area contributed by atoms with Crippen LogP contribution in [0.1, 0.15) is 114 Å². The summed E-state index contributed by atoms with van der Waals surface area (Å²) in [6, 6.07) is 70.2. The van der Waals surface area contributed by atoms with E-state index in [9.17, 15) is 19.2 Å². The Morgan fingerprint density at radius 2 is 0.602 bits per heavy atom. The van der Waals surface area contributed by atoms with Gasteiger partial charge in [0.05, 0.1) is 22.8 Å². The topological polar surface area (TPSA) is 174 Å². The van der Waals surface area contributed by atoms with Gasteiger partial charge in [0.15, 0.2) is 0 Å². The van der Waals surface area contributed by atoms with Crippen LogP contribution in [0.2, 0.25) is 0 Å². The zero-order valence-electron chi connectivity index (χ0n) is 51.7. The van der Waals surface area contributed by atoms with Crippen molar-refractivity contribution in [3.8, 4) is 44.5 Å². The zero-order chi connectivity index (χ0) is 63.5. The number of nitrogens with one attached hydrogen (secondary N) is 6. The Hall–Kier alpha value is -11.8. The van der Waals surface area contributed by atoms with E-state index < -0.39 is 5.41 Å². The number of H-pyrrole nitrogens is 2. The highest BCUT2D eigenvalue weighted by molar-refractivity contribution is 6.13. The number of rotatable bonds is 0.